The molecule has 0 fully saturated rings. The molecule has 1 unspecified atom stereocenters. The highest BCUT2D eigenvalue weighted by Crippen LogP contribution is 1.91. The molecule has 0 saturated heterocycles. The standard InChI is InChI=1S/C8H15NO5/c1-5(14-2)7(11)9-4-3-6(10)8(12)13/h5-6,10H,3-4H2,1-2H3,(H,9,11)(H,12,13)/t5?,6-/m0/s1. The van der Waals surface area contributed by atoms with Gasteiger partial charge < -0.3 is 20.3 Å². The van der Waals surface area contributed by atoms with Crippen LogP contribution < -0.4 is 5.32 Å². The summed E-state index contributed by atoms with van der Waals surface area (Å²) in [4.78, 5) is 21.2. The van der Waals surface area contributed by atoms with E-state index in [4.69, 9.17) is 14.9 Å². The molecule has 0 spiro atoms. The number of carboxylic acids is 1. The van der Waals surface area contributed by atoms with Crippen molar-refractivity contribution in [2.24, 2.45) is 0 Å². The third kappa shape index (κ3) is 4.78. The van der Waals surface area contributed by atoms with Gasteiger partial charge in [-0.15, -0.1) is 0 Å². The minimum Gasteiger partial charge on any atom is -0.479 e. The van der Waals surface area contributed by atoms with Crippen LogP contribution in [0.2, 0.25) is 0 Å². The van der Waals surface area contributed by atoms with Crippen molar-refractivity contribution >= 4 is 11.9 Å². The van der Waals surface area contributed by atoms with Gasteiger partial charge >= 0.3 is 5.97 Å². The third-order valence-electron chi connectivity index (χ3n) is 1.72. The number of amides is 1. The van der Waals surface area contributed by atoms with Crippen molar-refractivity contribution in [2.75, 3.05) is 13.7 Å². The maximum atomic E-state index is 11.1. The Labute approximate surface area is 81.9 Å². The normalized spacial score (nSPS) is 14.5. The minimum atomic E-state index is -1.44. The van der Waals surface area contributed by atoms with Gasteiger partial charge in [-0.2, -0.15) is 0 Å². The van der Waals surface area contributed by atoms with Gasteiger partial charge in [0.05, 0.1) is 0 Å². The molecule has 0 radical (unpaired) electrons. The molecule has 0 bridgehead atoms. The molecule has 0 heterocycles. The van der Waals surface area contributed by atoms with Crippen molar-refractivity contribution in [1.29, 1.82) is 0 Å². The fourth-order valence-electron chi connectivity index (χ4n) is 0.706. The lowest BCUT2D eigenvalue weighted by atomic mass is 10.2. The predicted octanol–water partition coefficient (Wildman–Crippen LogP) is -1.03. The van der Waals surface area contributed by atoms with E-state index in [1.54, 1.807) is 6.92 Å². The van der Waals surface area contributed by atoms with Crippen molar-refractivity contribution in [2.45, 2.75) is 25.6 Å². The molecule has 0 aromatic heterocycles. The van der Waals surface area contributed by atoms with Crippen LogP contribution in [0, 0.1) is 0 Å². The number of nitrogens with one attached hydrogen (secondary N) is 1. The van der Waals surface area contributed by atoms with Crippen LogP contribution in [0.3, 0.4) is 0 Å². The molecule has 6 heteroatoms. The Morgan fingerprint density at radius 1 is 1.50 bits per heavy atom. The zero-order valence-corrected chi connectivity index (χ0v) is 8.19. The number of carboxylic acid groups (broad SMARTS) is 1. The molecule has 2 atom stereocenters. The first-order valence-electron chi connectivity index (χ1n) is 4.20. The quantitative estimate of drug-likeness (QED) is 0.515. The molecule has 6 nitrogen and oxygen atoms in total. The number of hydrogen-bond donors (Lipinski definition) is 3. The molecular formula is C8H15NO5. The second-order valence-corrected chi connectivity index (χ2v) is 2.81. The van der Waals surface area contributed by atoms with E-state index in [-0.39, 0.29) is 18.9 Å². The van der Waals surface area contributed by atoms with E-state index in [9.17, 15) is 9.59 Å². The van der Waals surface area contributed by atoms with Crippen molar-refractivity contribution < 1.29 is 24.5 Å². The minimum absolute atomic E-state index is 0.0164. The zero-order chi connectivity index (χ0) is 11.1. The largest absolute Gasteiger partial charge is 0.479 e. The fraction of sp³-hybridized carbons (Fsp3) is 0.750. The summed E-state index contributed by atoms with van der Waals surface area (Å²) in [5.74, 6) is -1.62. The lowest BCUT2D eigenvalue weighted by Crippen LogP contribution is -2.36. The van der Waals surface area contributed by atoms with Gasteiger partial charge in [-0.3, -0.25) is 4.79 Å². The average Bonchev–Trinajstić information content (AvgIpc) is 2.15. The molecule has 0 aromatic carbocycles. The predicted molar refractivity (Wildman–Crippen MR) is 47.7 cm³/mol. The molecule has 0 aliphatic heterocycles. The van der Waals surface area contributed by atoms with E-state index in [1.165, 1.54) is 7.11 Å². The monoisotopic (exact) mass is 205 g/mol. The first-order valence-corrected chi connectivity index (χ1v) is 4.20. The molecule has 3 N–H and O–H groups in total. The summed E-state index contributed by atoms with van der Waals surface area (Å²) in [5, 5.41) is 19.6. The molecule has 0 aliphatic carbocycles. The number of hydrogen-bond acceptors (Lipinski definition) is 4. The van der Waals surface area contributed by atoms with Gasteiger partial charge in [0.2, 0.25) is 5.91 Å². The fourth-order valence-corrected chi connectivity index (χ4v) is 0.706. The maximum Gasteiger partial charge on any atom is 0.332 e. The molecule has 82 valence electrons. The van der Waals surface area contributed by atoms with Crippen LogP contribution in [0.5, 0.6) is 0 Å². The second kappa shape index (κ2) is 6.33. The topological polar surface area (TPSA) is 95.9 Å². The Hall–Kier alpha value is -1.14. The van der Waals surface area contributed by atoms with Gasteiger partial charge in [0.15, 0.2) is 6.10 Å². The number of aliphatic hydroxyl groups is 1. The highest BCUT2D eigenvalue weighted by atomic mass is 16.5. The SMILES string of the molecule is COC(C)C(=O)NCC[C@H](O)C(=O)O. The van der Waals surface area contributed by atoms with E-state index in [0.29, 0.717) is 0 Å². The van der Waals surface area contributed by atoms with Crippen LogP contribution in [0.15, 0.2) is 0 Å². The lowest BCUT2D eigenvalue weighted by molar-refractivity contribution is -0.147. The van der Waals surface area contributed by atoms with Gasteiger partial charge in [-0.1, -0.05) is 0 Å². The van der Waals surface area contributed by atoms with E-state index in [1.807, 2.05) is 0 Å². The molecule has 0 rings (SSSR count). The van der Waals surface area contributed by atoms with Gasteiger partial charge in [0.25, 0.3) is 0 Å². The van der Waals surface area contributed by atoms with E-state index in [0.717, 1.165) is 0 Å². The molecule has 1 amide bonds. The number of aliphatic carboxylic acids is 1. The summed E-state index contributed by atoms with van der Waals surface area (Å²) < 4.78 is 4.73. The van der Waals surface area contributed by atoms with Crippen LogP contribution in [0.4, 0.5) is 0 Å². The molecular weight excluding hydrogens is 190 g/mol. The summed E-state index contributed by atoms with van der Waals surface area (Å²) in [5.41, 5.74) is 0. The number of aliphatic hydroxyl groups excluding tert-OH is 1. The van der Waals surface area contributed by atoms with Crippen LogP contribution >= 0.6 is 0 Å². The average molecular weight is 205 g/mol. The molecule has 0 aromatic rings. The van der Waals surface area contributed by atoms with Crippen molar-refractivity contribution in [3.05, 3.63) is 0 Å². The van der Waals surface area contributed by atoms with Crippen LogP contribution in [0.1, 0.15) is 13.3 Å². The molecule has 14 heavy (non-hydrogen) atoms. The lowest BCUT2D eigenvalue weighted by Gasteiger charge is -2.11. The van der Waals surface area contributed by atoms with Crippen LogP contribution in [-0.2, 0) is 14.3 Å². The Morgan fingerprint density at radius 3 is 2.50 bits per heavy atom. The summed E-state index contributed by atoms with van der Waals surface area (Å²) in [6.45, 7) is 1.68. The highest BCUT2D eigenvalue weighted by molar-refractivity contribution is 5.80. The van der Waals surface area contributed by atoms with Crippen molar-refractivity contribution in [3.63, 3.8) is 0 Å². The number of methoxy groups -OCH3 is 1. The van der Waals surface area contributed by atoms with Crippen LogP contribution in [-0.4, -0.2) is 48.0 Å². The molecule has 0 aliphatic rings. The Morgan fingerprint density at radius 2 is 2.07 bits per heavy atom. The Bertz CT molecular complexity index is 206. The Kier molecular flexibility index (Phi) is 5.82. The van der Waals surface area contributed by atoms with Gasteiger partial charge in [0, 0.05) is 20.1 Å². The van der Waals surface area contributed by atoms with E-state index >= 15 is 0 Å². The van der Waals surface area contributed by atoms with E-state index in [2.05, 4.69) is 5.32 Å². The van der Waals surface area contributed by atoms with Crippen LogP contribution in [0.25, 0.3) is 0 Å². The third-order valence-corrected chi connectivity index (χ3v) is 1.72. The summed E-state index contributed by atoms with van der Waals surface area (Å²) >= 11 is 0. The highest BCUT2D eigenvalue weighted by Gasteiger charge is 2.14. The number of carbonyl (C=O) groups is 2. The first kappa shape index (κ1) is 12.9. The molecule has 0 saturated carbocycles. The van der Waals surface area contributed by atoms with Gasteiger partial charge in [0.1, 0.15) is 6.10 Å². The number of carbonyl (C=O) groups excluding carboxylic acids is 1. The van der Waals surface area contributed by atoms with Crippen molar-refractivity contribution in [1.82, 2.24) is 5.32 Å². The smallest absolute Gasteiger partial charge is 0.332 e. The Balaban J connectivity index is 3.64. The summed E-state index contributed by atoms with van der Waals surface area (Å²) in [6.07, 6.45) is -2.03. The number of rotatable bonds is 6. The van der Waals surface area contributed by atoms with E-state index < -0.39 is 18.2 Å². The maximum absolute atomic E-state index is 11.1. The first-order chi connectivity index (χ1) is 6.49. The second-order valence-electron chi connectivity index (χ2n) is 2.81. The zero-order valence-electron chi connectivity index (χ0n) is 8.19. The summed E-state index contributed by atoms with van der Waals surface area (Å²) in [6, 6.07) is 0. The summed E-state index contributed by atoms with van der Waals surface area (Å²) in [7, 11) is 1.40. The van der Waals surface area contributed by atoms with Crippen molar-refractivity contribution in [3.8, 4) is 0 Å². The van der Waals surface area contributed by atoms with Gasteiger partial charge in [-0.25, -0.2) is 4.79 Å². The number of ether oxygens (including phenoxy) is 1. The van der Waals surface area contributed by atoms with Gasteiger partial charge in [-0.05, 0) is 6.92 Å².